The zero-order valence-corrected chi connectivity index (χ0v) is 73.2. The molecule has 0 N–H and O–H groups in total. The second kappa shape index (κ2) is 31.1. The predicted octanol–water partition coefficient (Wildman–Crippen LogP) is 37.7. The Morgan fingerprint density at radius 2 is 0.254 bits per heavy atom. The highest BCUT2D eigenvalue weighted by Gasteiger charge is 2.25. The standard InChI is InChI=1S/C72H45N.C60H37N/c1-3-15-46(16-4-1)49-29-37-64-66-39-34-53(44-71(66)61-25-13-11-23-59(61)69(64)41-49)73(52-32-27-48(28-33-52)51-31-36-63-57-21-8-7-19-55(57)56-20-9-10-22-58(56)68(63)43-51)54-35-40-67-65-38-30-50(47-17-5-2-6-18-47)42-70(65)60-24-12-14-26-62(60)72(67)45-54;1-3-18-46-42(14-1)44-16-6-9-23-51(44)57-36-39(30-34-53(46)57)38-28-31-40(32-29-38)61(41-33-35-54-47-19-4-2-15-43(47)45-17-7-10-24-52(45)58(54)37-41)59-27-13-26-56-50-21-8-5-20-48(50)49-22-11-12-25-55(49)60(56)59/h1-45H;1-37H. The fourth-order valence-electron chi connectivity index (χ4n) is 22.6. The lowest BCUT2D eigenvalue weighted by atomic mass is 9.91. The lowest BCUT2D eigenvalue weighted by Gasteiger charge is -2.28. The molecule has 28 aromatic rings. The van der Waals surface area contributed by atoms with Gasteiger partial charge in [-0.05, 0) is 324 Å². The molecule has 0 aliphatic carbocycles. The van der Waals surface area contributed by atoms with Gasteiger partial charge in [-0.1, -0.05) is 406 Å². The molecule has 0 heterocycles. The van der Waals surface area contributed by atoms with Gasteiger partial charge in [-0.3, -0.25) is 0 Å². The highest BCUT2D eigenvalue weighted by molar-refractivity contribution is 6.33. The van der Waals surface area contributed by atoms with Crippen LogP contribution in [0.2, 0.25) is 0 Å². The van der Waals surface area contributed by atoms with E-state index in [9.17, 15) is 0 Å². The molecular weight excluding hydrogens is 1610 g/mol. The maximum atomic E-state index is 2.48. The zero-order valence-electron chi connectivity index (χ0n) is 73.2. The summed E-state index contributed by atoms with van der Waals surface area (Å²) in [6.07, 6.45) is 0. The highest BCUT2D eigenvalue weighted by Crippen LogP contribution is 2.51. The summed E-state index contributed by atoms with van der Waals surface area (Å²) in [7, 11) is 0. The third-order valence-electron chi connectivity index (χ3n) is 28.8. The first-order valence-corrected chi connectivity index (χ1v) is 46.5. The maximum Gasteiger partial charge on any atom is 0.0546 e. The number of fused-ring (bicyclic) bond motifs is 36. The molecule has 0 radical (unpaired) electrons. The van der Waals surface area contributed by atoms with Crippen molar-refractivity contribution in [2.24, 2.45) is 0 Å². The average Bonchev–Trinajstić information content (AvgIpc) is 0.726. The van der Waals surface area contributed by atoms with Gasteiger partial charge >= 0.3 is 0 Å². The predicted molar refractivity (Wildman–Crippen MR) is 579 cm³/mol. The molecule has 28 rings (SSSR count). The van der Waals surface area contributed by atoms with E-state index in [4.69, 9.17) is 0 Å². The topological polar surface area (TPSA) is 6.48 Å². The van der Waals surface area contributed by atoms with Crippen LogP contribution in [0.1, 0.15) is 0 Å². The summed E-state index contributed by atoms with van der Waals surface area (Å²) in [5.41, 5.74) is 16.3. The number of benzene rings is 28. The SMILES string of the molecule is c1ccc(-c2ccc3c4ccc(N(c5ccc(-c6ccc7c8ccccc8c8ccccc8c7c6)cc5)c5ccc6c7ccc(-c8ccccc8)cc7c7ccccc7c6c5)cc4c4ccccc4c3c2)cc1.c1ccc2c(c1)c1ccccc1c1cc(-c3ccc(N(c4ccc5c6ccccc6c6ccccc6c5c4)c4cccc5c6ccccc6c6ccccc6c45)cc3)ccc21. The van der Waals surface area contributed by atoms with Crippen molar-refractivity contribution in [2.45, 2.75) is 0 Å². The van der Waals surface area contributed by atoms with E-state index in [1.807, 2.05) is 0 Å². The van der Waals surface area contributed by atoms with Crippen LogP contribution in [0.25, 0.3) is 238 Å². The zero-order chi connectivity index (χ0) is 88.0. The number of hydrogen-bond acceptors (Lipinski definition) is 2. The second-order valence-corrected chi connectivity index (χ2v) is 35.9. The Labute approximate surface area is 774 Å². The van der Waals surface area contributed by atoms with Crippen LogP contribution >= 0.6 is 0 Å². The lowest BCUT2D eigenvalue weighted by molar-refractivity contribution is 1.30. The Morgan fingerprint density at radius 1 is 0.0896 bits per heavy atom. The van der Waals surface area contributed by atoms with Crippen molar-refractivity contribution in [3.8, 4) is 44.5 Å². The molecule has 0 atom stereocenters. The Kier molecular flexibility index (Phi) is 17.8. The minimum absolute atomic E-state index is 1.09. The van der Waals surface area contributed by atoms with Crippen LogP contribution in [-0.2, 0) is 0 Å². The van der Waals surface area contributed by atoms with Gasteiger partial charge in [-0.15, -0.1) is 0 Å². The Morgan fingerprint density at radius 3 is 0.515 bits per heavy atom. The summed E-state index contributed by atoms with van der Waals surface area (Å²) in [4.78, 5) is 4.94. The Balaban J connectivity index is 0.000000139. The Hall–Kier alpha value is -17.6. The molecule has 0 saturated heterocycles. The van der Waals surface area contributed by atoms with Crippen LogP contribution < -0.4 is 9.80 Å². The molecule has 0 spiro atoms. The molecule has 0 aliphatic rings. The van der Waals surface area contributed by atoms with E-state index in [2.05, 4.69) is 507 Å². The van der Waals surface area contributed by atoms with Gasteiger partial charge in [-0.25, -0.2) is 0 Å². The maximum absolute atomic E-state index is 2.48. The smallest absolute Gasteiger partial charge is 0.0546 e. The van der Waals surface area contributed by atoms with Crippen molar-refractivity contribution in [1.82, 2.24) is 0 Å². The van der Waals surface area contributed by atoms with Gasteiger partial charge in [0.15, 0.2) is 0 Å². The fourth-order valence-corrected chi connectivity index (χ4v) is 22.6. The molecule has 0 amide bonds. The molecule has 134 heavy (non-hydrogen) atoms. The number of rotatable bonds is 10. The normalized spacial score (nSPS) is 11.9. The molecule has 0 fully saturated rings. The van der Waals surface area contributed by atoms with Crippen LogP contribution in [0.3, 0.4) is 0 Å². The molecular formula is C132H82N2. The van der Waals surface area contributed by atoms with Gasteiger partial charge in [0.2, 0.25) is 0 Å². The van der Waals surface area contributed by atoms with Crippen molar-refractivity contribution in [3.05, 3.63) is 497 Å². The summed E-state index contributed by atoms with van der Waals surface area (Å²) in [6, 6.07) is 184. The van der Waals surface area contributed by atoms with Crippen LogP contribution in [-0.4, -0.2) is 0 Å². The molecule has 620 valence electrons. The largest absolute Gasteiger partial charge is 0.310 e. The second-order valence-electron chi connectivity index (χ2n) is 35.9. The van der Waals surface area contributed by atoms with Crippen molar-refractivity contribution in [1.29, 1.82) is 0 Å². The highest BCUT2D eigenvalue weighted by atomic mass is 15.1. The third-order valence-corrected chi connectivity index (χ3v) is 28.8. The van der Waals surface area contributed by atoms with E-state index < -0.39 is 0 Å². The van der Waals surface area contributed by atoms with Crippen LogP contribution in [0.5, 0.6) is 0 Å². The molecule has 0 unspecified atom stereocenters. The summed E-state index contributed by atoms with van der Waals surface area (Å²) >= 11 is 0. The summed E-state index contributed by atoms with van der Waals surface area (Å²) < 4.78 is 0. The average molecular weight is 1700 g/mol. The number of anilines is 6. The quantitative estimate of drug-likeness (QED) is 0.126. The van der Waals surface area contributed by atoms with E-state index in [-0.39, 0.29) is 0 Å². The molecule has 0 aromatic heterocycles. The molecule has 0 aliphatic heterocycles. The first-order valence-electron chi connectivity index (χ1n) is 46.5. The van der Waals surface area contributed by atoms with Crippen molar-refractivity contribution in [2.75, 3.05) is 9.80 Å². The molecule has 0 bridgehead atoms. The number of hydrogen-bond donors (Lipinski definition) is 0. The lowest BCUT2D eigenvalue weighted by Crippen LogP contribution is -2.10. The minimum atomic E-state index is 1.09. The molecule has 28 aromatic carbocycles. The van der Waals surface area contributed by atoms with Crippen molar-refractivity contribution >= 4 is 228 Å². The van der Waals surface area contributed by atoms with Crippen LogP contribution in [0, 0.1) is 0 Å². The van der Waals surface area contributed by atoms with E-state index in [0.717, 1.165) is 34.1 Å². The van der Waals surface area contributed by atoms with E-state index in [0.29, 0.717) is 0 Å². The molecule has 2 heteroatoms. The third kappa shape index (κ3) is 12.3. The van der Waals surface area contributed by atoms with Gasteiger partial charge in [0, 0.05) is 33.8 Å². The summed E-state index contributed by atoms with van der Waals surface area (Å²) in [5.74, 6) is 0. The fraction of sp³-hybridized carbons (Fsp3) is 0. The first-order chi connectivity index (χ1) is 66.5. The molecule has 0 saturated carbocycles. The minimum Gasteiger partial charge on any atom is -0.310 e. The molecule has 2 nitrogen and oxygen atoms in total. The van der Waals surface area contributed by atoms with E-state index in [1.54, 1.807) is 0 Å². The van der Waals surface area contributed by atoms with Crippen LogP contribution in [0.4, 0.5) is 34.1 Å². The van der Waals surface area contributed by atoms with E-state index >= 15 is 0 Å². The van der Waals surface area contributed by atoms with Gasteiger partial charge in [0.05, 0.1) is 5.69 Å². The van der Waals surface area contributed by atoms with E-state index in [1.165, 1.54) is 238 Å². The monoisotopic (exact) mass is 1690 g/mol. The van der Waals surface area contributed by atoms with Gasteiger partial charge < -0.3 is 9.80 Å². The summed E-state index contributed by atoms with van der Waals surface area (Å²) in [5, 5.41) is 45.6. The Bertz CT molecular complexity index is 9370. The van der Waals surface area contributed by atoms with Crippen molar-refractivity contribution < 1.29 is 0 Å². The van der Waals surface area contributed by atoms with Crippen molar-refractivity contribution in [3.63, 3.8) is 0 Å². The first kappa shape index (κ1) is 76.5. The van der Waals surface area contributed by atoms with Crippen LogP contribution in [0.15, 0.2) is 497 Å². The van der Waals surface area contributed by atoms with Gasteiger partial charge in [0.1, 0.15) is 0 Å². The van der Waals surface area contributed by atoms with Gasteiger partial charge in [-0.2, -0.15) is 0 Å². The number of nitrogens with zero attached hydrogens (tertiary/aromatic N) is 2. The summed E-state index contributed by atoms with van der Waals surface area (Å²) in [6.45, 7) is 0. The van der Waals surface area contributed by atoms with Gasteiger partial charge in [0.25, 0.3) is 0 Å².